The molecule has 0 unspecified atom stereocenters. The fourth-order valence-corrected chi connectivity index (χ4v) is 1.64. The van der Waals surface area contributed by atoms with E-state index in [1.807, 2.05) is 24.7 Å². The lowest BCUT2D eigenvalue weighted by atomic mass is 10.4. The summed E-state index contributed by atoms with van der Waals surface area (Å²) in [7, 11) is 0. The molecule has 1 aliphatic carbocycles. The van der Waals surface area contributed by atoms with Gasteiger partial charge < -0.3 is 10.1 Å². The lowest BCUT2D eigenvalue weighted by molar-refractivity contribution is 0.0707. The van der Waals surface area contributed by atoms with Gasteiger partial charge in [0.15, 0.2) is 0 Å². The summed E-state index contributed by atoms with van der Waals surface area (Å²) in [5.41, 5.74) is 1.01. The second-order valence-electron chi connectivity index (χ2n) is 4.97. The lowest BCUT2D eigenvalue weighted by Gasteiger charge is -2.06. The number of hydrogen-bond donors (Lipinski definition) is 1. The van der Waals surface area contributed by atoms with Crippen LogP contribution in [0.4, 0.5) is 0 Å². The molecule has 5 heteroatoms. The third kappa shape index (κ3) is 4.83. The van der Waals surface area contributed by atoms with Crippen LogP contribution in [0.3, 0.4) is 0 Å². The van der Waals surface area contributed by atoms with Gasteiger partial charge in [0, 0.05) is 12.7 Å². The maximum Gasteiger partial charge on any atom is 0.0964 e. The second-order valence-corrected chi connectivity index (χ2v) is 4.97. The van der Waals surface area contributed by atoms with Gasteiger partial charge >= 0.3 is 0 Å². The van der Waals surface area contributed by atoms with Crippen LogP contribution >= 0.6 is 0 Å². The standard InChI is InChI=1S/C12H22N4O/c1-10(2)17-6-5-16-9-12(14-15-16)8-13-7-11-3-4-11/h9-11,13H,3-8H2,1-2H3. The summed E-state index contributed by atoms with van der Waals surface area (Å²) in [6.07, 6.45) is 5.03. The van der Waals surface area contributed by atoms with Crippen molar-refractivity contribution in [3.63, 3.8) is 0 Å². The molecular weight excluding hydrogens is 216 g/mol. The minimum atomic E-state index is 0.276. The average Bonchev–Trinajstić information content (AvgIpc) is 2.98. The first kappa shape index (κ1) is 12.5. The summed E-state index contributed by atoms with van der Waals surface area (Å²) in [5, 5.41) is 11.6. The van der Waals surface area contributed by atoms with Crippen molar-refractivity contribution in [3.05, 3.63) is 11.9 Å². The maximum atomic E-state index is 5.47. The van der Waals surface area contributed by atoms with Crippen LogP contribution in [0.15, 0.2) is 6.20 Å². The molecule has 1 aromatic heterocycles. The predicted octanol–water partition coefficient (Wildman–Crippen LogP) is 1.20. The summed E-state index contributed by atoms with van der Waals surface area (Å²) in [6.45, 7) is 7.47. The van der Waals surface area contributed by atoms with E-state index < -0.39 is 0 Å². The third-order valence-electron chi connectivity index (χ3n) is 2.79. The van der Waals surface area contributed by atoms with Gasteiger partial charge in [-0.1, -0.05) is 5.21 Å². The van der Waals surface area contributed by atoms with E-state index in [2.05, 4.69) is 15.6 Å². The molecule has 1 saturated carbocycles. The predicted molar refractivity (Wildman–Crippen MR) is 65.5 cm³/mol. The molecule has 96 valence electrons. The summed E-state index contributed by atoms with van der Waals surface area (Å²) < 4.78 is 7.32. The van der Waals surface area contributed by atoms with Crippen LogP contribution in [0.25, 0.3) is 0 Å². The molecule has 1 fully saturated rings. The molecule has 0 saturated heterocycles. The minimum Gasteiger partial charge on any atom is -0.377 e. The van der Waals surface area contributed by atoms with Gasteiger partial charge in [0.25, 0.3) is 0 Å². The Morgan fingerprint density at radius 3 is 3.06 bits per heavy atom. The first-order valence-corrected chi connectivity index (χ1v) is 6.45. The highest BCUT2D eigenvalue weighted by molar-refractivity contribution is 4.92. The Balaban J connectivity index is 1.63. The highest BCUT2D eigenvalue weighted by Crippen LogP contribution is 2.27. The van der Waals surface area contributed by atoms with E-state index in [0.717, 1.165) is 31.2 Å². The molecule has 1 N–H and O–H groups in total. The van der Waals surface area contributed by atoms with E-state index in [-0.39, 0.29) is 6.10 Å². The molecule has 17 heavy (non-hydrogen) atoms. The van der Waals surface area contributed by atoms with Gasteiger partial charge in [0.05, 0.1) is 24.9 Å². The van der Waals surface area contributed by atoms with Crippen molar-refractivity contribution in [2.24, 2.45) is 5.92 Å². The SMILES string of the molecule is CC(C)OCCn1cc(CNCC2CC2)nn1. The molecule has 1 heterocycles. The van der Waals surface area contributed by atoms with Crippen LogP contribution in [0, 0.1) is 5.92 Å². The van der Waals surface area contributed by atoms with E-state index in [1.54, 1.807) is 0 Å². The van der Waals surface area contributed by atoms with Crippen LogP contribution in [-0.2, 0) is 17.8 Å². The number of rotatable bonds is 8. The molecule has 0 amide bonds. The van der Waals surface area contributed by atoms with Crippen LogP contribution < -0.4 is 5.32 Å². The summed E-state index contributed by atoms with van der Waals surface area (Å²) >= 11 is 0. The van der Waals surface area contributed by atoms with Crippen molar-refractivity contribution in [1.82, 2.24) is 20.3 Å². The van der Waals surface area contributed by atoms with Crippen molar-refractivity contribution in [2.45, 2.75) is 45.9 Å². The van der Waals surface area contributed by atoms with Crippen molar-refractivity contribution < 1.29 is 4.74 Å². The second kappa shape index (κ2) is 6.12. The first-order valence-electron chi connectivity index (χ1n) is 6.45. The number of aromatic nitrogens is 3. The van der Waals surface area contributed by atoms with E-state index >= 15 is 0 Å². The molecule has 0 aromatic carbocycles. The quantitative estimate of drug-likeness (QED) is 0.739. The van der Waals surface area contributed by atoms with Gasteiger partial charge in [-0.25, -0.2) is 4.68 Å². The Kier molecular flexibility index (Phi) is 4.50. The van der Waals surface area contributed by atoms with E-state index in [1.165, 1.54) is 12.8 Å². The zero-order valence-electron chi connectivity index (χ0n) is 10.7. The van der Waals surface area contributed by atoms with Crippen LogP contribution in [0.2, 0.25) is 0 Å². The fraction of sp³-hybridized carbons (Fsp3) is 0.833. The maximum absolute atomic E-state index is 5.47. The molecule has 0 radical (unpaired) electrons. The number of ether oxygens (including phenoxy) is 1. The Morgan fingerprint density at radius 2 is 2.35 bits per heavy atom. The normalized spacial score (nSPS) is 15.7. The minimum absolute atomic E-state index is 0.276. The molecule has 1 aromatic rings. The zero-order chi connectivity index (χ0) is 12.1. The highest BCUT2D eigenvalue weighted by atomic mass is 16.5. The fourth-order valence-electron chi connectivity index (χ4n) is 1.64. The van der Waals surface area contributed by atoms with Gasteiger partial charge in [0.1, 0.15) is 0 Å². The number of nitrogens with one attached hydrogen (secondary N) is 1. The van der Waals surface area contributed by atoms with Gasteiger partial charge in [-0.05, 0) is 39.2 Å². The van der Waals surface area contributed by atoms with Crippen molar-refractivity contribution in [1.29, 1.82) is 0 Å². The largest absolute Gasteiger partial charge is 0.377 e. The van der Waals surface area contributed by atoms with Crippen LogP contribution in [-0.4, -0.2) is 34.2 Å². The van der Waals surface area contributed by atoms with Gasteiger partial charge in [-0.15, -0.1) is 5.10 Å². The monoisotopic (exact) mass is 238 g/mol. The van der Waals surface area contributed by atoms with Crippen molar-refractivity contribution in [3.8, 4) is 0 Å². The van der Waals surface area contributed by atoms with Gasteiger partial charge in [0.2, 0.25) is 0 Å². The van der Waals surface area contributed by atoms with Crippen molar-refractivity contribution in [2.75, 3.05) is 13.2 Å². The van der Waals surface area contributed by atoms with Crippen molar-refractivity contribution >= 4 is 0 Å². The molecule has 0 spiro atoms. The Bertz CT molecular complexity index is 311. The van der Waals surface area contributed by atoms with Crippen LogP contribution in [0.1, 0.15) is 32.4 Å². The molecular formula is C12H22N4O. The third-order valence-corrected chi connectivity index (χ3v) is 2.79. The van der Waals surface area contributed by atoms with Gasteiger partial charge in [-0.2, -0.15) is 0 Å². The number of nitrogens with zero attached hydrogens (tertiary/aromatic N) is 3. The Labute approximate surface area is 103 Å². The Morgan fingerprint density at radius 1 is 1.53 bits per heavy atom. The first-order chi connectivity index (χ1) is 8.24. The molecule has 5 nitrogen and oxygen atoms in total. The average molecular weight is 238 g/mol. The molecule has 2 rings (SSSR count). The molecule has 0 atom stereocenters. The summed E-state index contributed by atoms with van der Waals surface area (Å²) in [4.78, 5) is 0. The van der Waals surface area contributed by atoms with E-state index in [0.29, 0.717) is 6.61 Å². The summed E-state index contributed by atoms with van der Waals surface area (Å²) in [6, 6.07) is 0. The topological polar surface area (TPSA) is 52.0 Å². The van der Waals surface area contributed by atoms with Gasteiger partial charge in [-0.3, -0.25) is 0 Å². The highest BCUT2D eigenvalue weighted by Gasteiger charge is 2.20. The zero-order valence-corrected chi connectivity index (χ0v) is 10.7. The van der Waals surface area contributed by atoms with E-state index in [4.69, 9.17) is 4.74 Å². The number of hydrogen-bond acceptors (Lipinski definition) is 4. The Hall–Kier alpha value is -0.940. The summed E-state index contributed by atoms with van der Waals surface area (Å²) in [5.74, 6) is 0.907. The molecule has 0 aliphatic heterocycles. The molecule has 1 aliphatic rings. The lowest BCUT2D eigenvalue weighted by Crippen LogP contribution is -2.16. The smallest absolute Gasteiger partial charge is 0.0964 e. The van der Waals surface area contributed by atoms with E-state index in [9.17, 15) is 0 Å². The van der Waals surface area contributed by atoms with Crippen LogP contribution in [0.5, 0.6) is 0 Å². The molecule has 0 bridgehead atoms.